The van der Waals surface area contributed by atoms with Gasteiger partial charge in [-0.3, -0.25) is 15.0 Å². The van der Waals surface area contributed by atoms with Gasteiger partial charge in [-0.25, -0.2) is 9.78 Å². The third kappa shape index (κ3) is 3.78. The number of benzene rings is 2. The molecule has 32 heavy (non-hydrogen) atoms. The molecule has 164 valence electrons. The zero-order valence-corrected chi connectivity index (χ0v) is 17.2. The standard InChI is InChI=1S/C22H19FN4O5/c1-31-19-8-5-13(10-20(19)32-2)16-12-26(21-15(16)4-3-9-24-21)22(28)25-14-6-7-17(23)18(11-14)27(29)30/h3-11,16H,12H2,1-2H3,(H,25,28). The quantitative estimate of drug-likeness (QED) is 0.469. The second-order valence-corrected chi connectivity index (χ2v) is 7.05. The summed E-state index contributed by atoms with van der Waals surface area (Å²) < 4.78 is 24.3. The van der Waals surface area contributed by atoms with Gasteiger partial charge in [-0.05, 0) is 35.9 Å². The molecular formula is C22H19FN4O5. The number of carbonyl (C=O) groups excluding carboxylic acids is 1. The van der Waals surface area contributed by atoms with E-state index in [1.807, 2.05) is 18.2 Å². The summed E-state index contributed by atoms with van der Waals surface area (Å²) >= 11 is 0. The number of urea groups is 1. The van der Waals surface area contributed by atoms with Gasteiger partial charge in [-0.2, -0.15) is 4.39 Å². The summed E-state index contributed by atoms with van der Waals surface area (Å²) in [5.74, 6) is 0.480. The normalized spacial score (nSPS) is 14.6. The Hall–Kier alpha value is -4.21. The Morgan fingerprint density at radius 2 is 1.97 bits per heavy atom. The van der Waals surface area contributed by atoms with Gasteiger partial charge < -0.3 is 14.8 Å². The van der Waals surface area contributed by atoms with Crippen LogP contribution in [0.15, 0.2) is 54.7 Å². The van der Waals surface area contributed by atoms with Gasteiger partial charge in [0.25, 0.3) is 0 Å². The summed E-state index contributed by atoms with van der Waals surface area (Å²) in [6.07, 6.45) is 1.58. The minimum absolute atomic E-state index is 0.107. The van der Waals surface area contributed by atoms with Crippen LogP contribution in [0.3, 0.4) is 0 Å². The molecule has 10 heteroatoms. The topological polar surface area (TPSA) is 107 Å². The molecule has 0 radical (unpaired) electrons. The lowest BCUT2D eigenvalue weighted by Crippen LogP contribution is -2.34. The fourth-order valence-corrected chi connectivity index (χ4v) is 3.73. The molecule has 2 amide bonds. The lowest BCUT2D eigenvalue weighted by molar-refractivity contribution is -0.387. The highest BCUT2D eigenvalue weighted by molar-refractivity contribution is 6.03. The van der Waals surface area contributed by atoms with Crippen LogP contribution in [0.5, 0.6) is 11.5 Å². The van der Waals surface area contributed by atoms with Crippen molar-refractivity contribution in [2.75, 3.05) is 31.0 Å². The number of anilines is 2. The molecule has 1 unspecified atom stereocenters. The van der Waals surface area contributed by atoms with E-state index in [1.165, 1.54) is 11.0 Å². The number of amides is 2. The van der Waals surface area contributed by atoms with Gasteiger partial charge in [-0.15, -0.1) is 0 Å². The molecule has 0 spiro atoms. The van der Waals surface area contributed by atoms with Gasteiger partial charge in [0.1, 0.15) is 5.82 Å². The third-order valence-electron chi connectivity index (χ3n) is 5.26. The Bertz CT molecular complexity index is 1200. The molecule has 2 aromatic carbocycles. The molecule has 4 rings (SSSR count). The smallest absolute Gasteiger partial charge is 0.327 e. The van der Waals surface area contributed by atoms with Crippen molar-refractivity contribution < 1.29 is 23.6 Å². The number of methoxy groups -OCH3 is 2. The van der Waals surface area contributed by atoms with Gasteiger partial charge in [0, 0.05) is 36.0 Å². The van der Waals surface area contributed by atoms with Gasteiger partial charge in [0.05, 0.1) is 19.1 Å². The van der Waals surface area contributed by atoms with E-state index in [1.54, 1.807) is 32.5 Å². The molecule has 0 aliphatic carbocycles. The second kappa shape index (κ2) is 8.50. The summed E-state index contributed by atoms with van der Waals surface area (Å²) in [6, 6.07) is 11.9. The van der Waals surface area contributed by atoms with Crippen LogP contribution in [0.1, 0.15) is 17.0 Å². The number of nitrogens with zero attached hydrogens (tertiary/aromatic N) is 3. The number of pyridine rings is 1. The van der Waals surface area contributed by atoms with Crippen LogP contribution in [0, 0.1) is 15.9 Å². The summed E-state index contributed by atoms with van der Waals surface area (Å²) in [7, 11) is 3.10. The number of ether oxygens (including phenoxy) is 2. The molecule has 3 aromatic rings. The number of aromatic nitrogens is 1. The van der Waals surface area contributed by atoms with Crippen molar-refractivity contribution in [3.8, 4) is 11.5 Å². The Kier molecular flexibility index (Phi) is 5.59. The van der Waals surface area contributed by atoms with Gasteiger partial charge in [0.2, 0.25) is 5.82 Å². The van der Waals surface area contributed by atoms with E-state index in [0.717, 1.165) is 23.3 Å². The maximum absolute atomic E-state index is 13.6. The minimum Gasteiger partial charge on any atom is -0.493 e. The molecular weight excluding hydrogens is 419 g/mol. The first-order chi connectivity index (χ1) is 15.4. The molecule has 1 atom stereocenters. The first kappa shape index (κ1) is 21.0. The van der Waals surface area contributed by atoms with Crippen molar-refractivity contribution >= 4 is 23.2 Å². The van der Waals surface area contributed by atoms with Crippen molar-refractivity contribution in [2.24, 2.45) is 0 Å². The van der Waals surface area contributed by atoms with E-state index in [9.17, 15) is 19.3 Å². The summed E-state index contributed by atoms with van der Waals surface area (Å²) in [5.41, 5.74) is 1.14. The van der Waals surface area contributed by atoms with Crippen molar-refractivity contribution in [1.29, 1.82) is 0 Å². The summed E-state index contributed by atoms with van der Waals surface area (Å²) in [6.45, 7) is 0.289. The van der Waals surface area contributed by atoms with Crippen LogP contribution in [0.2, 0.25) is 0 Å². The van der Waals surface area contributed by atoms with Crippen LogP contribution < -0.4 is 19.7 Å². The van der Waals surface area contributed by atoms with Crippen LogP contribution in [0.25, 0.3) is 0 Å². The Labute approximate surface area is 182 Å². The van der Waals surface area contributed by atoms with Crippen molar-refractivity contribution in [1.82, 2.24) is 4.98 Å². The van der Waals surface area contributed by atoms with E-state index in [4.69, 9.17) is 9.47 Å². The maximum Gasteiger partial charge on any atom is 0.327 e. The maximum atomic E-state index is 13.6. The first-order valence-corrected chi connectivity index (χ1v) is 9.62. The average molecular weight is 438 g/mol. The predicted molar refractivity (Wildman–Crippen MR) is 115 cm³/mol. The summed E-state index contributed by atoms with van der Waals surface area (Å²) in [5, 5.41) is 13.6. The van der Waals surface area contributed by atoms with Crippen molar-refractivity contribution in [3.05, 3.63) is 81.8 Å². The molecule has 0 saturated heterocycles. The average Bonchev–Trinajstić information content (AvgIpc) is 3.19. The van der Waals surface area contributed by atoms with Crippen LogP contribution in [0.4, 0.5) is 26.4 Å². The molecule has 2 heterocycles. The molecule has 1 aliphatic rings. The number of carbonyl (C=O) groups is 1. The highest BCUT2D eigenvalue weighted by Crippen LogP contribution is 2.41. The van der Waals surface area contributed by atoms with Crippen LogP contribution in [-0.2, 0) is 0 Å². The van der Waals surface area contributed by atoms with E-state index in [2.05, 4.69) is 10.3 Å². The van der Waals surface area contributed by atoms with Gasteiger partial charge in [0.15, 0.2) is 11.5 Å². The zero-order valence-electron chi connectivity index (χ0n) is 17.2. The Morgan fingerprint density at radius 1 is 1.19 bits per heavy atom. The predicted octanol–water partition coefficient (Wildman–Crippen LogP) is 4.33. The van der Waals surface area contributed by atoms with E-state index < -0.39 is 22.5 Å². The number of nitro groups is 1. The van der Waals surface area contributed by atoms with Crippen molar-refractivity contribution in [3.63, 3.8) is 0 Å². The molecule has 0 bridgehead atoms. The van der Waals surface area contributed by atoms with E-state index in [-0.39, 0.29) is 18.2 Å². The number of rotatable bonds is 5. The zero-order chi connectivity index (χ0) is 22.8. The highest BCUT2D eigenvalue weighted by atomic mass is 19.1. The van der Waals surface area contributed by atoms with Crippen LogP contribution in [-0.4, -0.2) is 36.7 Å². The van der Waals surface area contributed by atoms with Crippen LogP contribution >= 0.6 is 0 Å². The fraction of sp³-hybridized carbons (Fsp3) is 0.182. The first-order valence-electron chi connectivity index (χ1n) is 9.62. The number of halogens is 1. The molecule has 1 aliphatic heterocycles. The lowest BCUT2D eigenvalue weighted by atomic mass is 9.94. The number of hydrogen-bond acceptors (Lipinski definition) is 6. The molecule has 1 N–H and O–H groups in total. The third-order valence-corrected chi connectivity index (χ3v) is 5.26. The number of hydrogen-bond donors (Lipinski definition) is 1. The second-order valence-electron chi connectivity index (χ2n) is 7.05. The Balaban J connectivity index is 1.63. The summed E-state index contributed by atoms with van der Waals surface area (Å²) in [4.78, 5) is 29.0. The fourth-order valence-electron chi connectivity index (χ4n) is 3.73. The number of nitrogens with one attached hydrogen (secondary N) is 1. The van der Waals surface area contributed by atoms with Gasteiger partial charge >= 0.3 is 11.7 Å². The number of nitro benzene ring substituents is 1. The SMILES string of the molecule is COc1ccc(C2CN(C(=O)Nc3ccc(F)c([N+](=O)[O-])c3)c3ncccc32)cc1OC. The molecule has 0 fully saturated rings. The molecule has 9 nitrogen and oxygen atoms in total. The largest absolute Gasteiger partial charge is 0.493 e. The molecule has 1 aromatic heterocycles. The Morgan fingerprint density at radius 3 is 2.69 bits per heavy atom. The lowest BCUT2D eigenvalue weighted by Gasteiger charge is -2.18. The van der Waals surface area contributed by atoms with E-state index >= 15 is 0 Å². The monoisotopic (exact) mass is 438 g/mol. The van der Waals surface area contributed by atoms with Gasteiger partial charge in [-0.1, -0.05) is 12.1 Å². The highest BCUT2D eigenvalue weighted by Gasteiger charge is 2.35. The number of fused-ring (bicyclic) bond motifs is 1. The minimum atomic E-state index is -0.977. The molecule has 0 saturated carbocycles. The van der Waals surface area contributed by atoms with Crippen molar-refractivity contribution in [2.45, 2.75) is 5.92 Å². The van der Waals surface area contributed by atoms with E-state index in [0.29, 0.717) is 17.3 Å².